The Morgan fingerprint density at radius 3 is 2.42 bits per heavy atom. The van der Waals surface area contributed by atoms with Crippen molar-refractivity contribution in [3.05, 3.63) is 44.6 Å². The molecule has 0 atom stereocenters. The van der Waals surface area contributed by atoms with E-state index in [1.165, 1.54) is 0 Å². The molecule has 0 bridgehead atoms. The normalized spacial score (nSPS) is 10.7. The first-order valence-electron chi connectivity index (χ1n) is 4.97. The van der Waals surface area contributed by atoms with E-state index in [0.717, 1.165) is 5.39 Å². The van der Waals surface area contributed by atoms with Crippen LogP contribution in [-0.2, 0) is 0 Å². The van der Waals surface area contributed by atoms with Crippen LogP contribution < -0.4 is 0 Å². The summed E-state index contributed by atoms with van der Waals surface area (Å²) in [6.07, 6.45) is 1.67. The fraction of sp³-hybridized carbons (Fsp3) is 0. The van der Waals surface area contributed by atoms with Crippen molar-refractivity contribution in [2.24, 2.45) is 0 Å². The summed E-state index contributed by atoms with van der Waals surface area (Å²) in [5, 5.41) is 2.55. The number of nitrogens with zero attached hydrogens (tertiary/aromatic N) is 2. The average Bonchev–Trinajstić information content (AvgIpc) is 2.35. The molecule has 2 nitrogen and oxygen atoms in total. The molecular formula is C12H4Cl4KN2. The van der Waals surface area contributed by atoms with Gasteiger partial charge < -0.3 is 0 Å². The predicted molar refractivity (Wildman–Crippen MR) is 82.8 cm³/mol. The Kier molecular flexibility index (Phi) is 5.38. The van der Waals surface area contributed by atoms with Gasteiger partial charge in [-0.05, 0) is 12.1 Å². The van der Waals surface area contributed by atoms with Crippen LogP contribution in [-0.4, -0.2) is 61.4 Å². The second-order valence-corrected chi connectivity index (χ2v) is 5.21. The number of halogens is 4. The molecule has 0 amide bonds. The van der Waals surface area contributed by atoms with Crippen LogP contribution in [0.2, 0.25) is 20.2 Å². The fourth-order valence-electron chi connectivity index (χ4n) is 1.84. The van der Waals surface area contributed by atoms with Crippen molar-refractivity contribution in [2.75, 3.05) is 0 Å². The van der Waals surface area contributed by atoms with Gasteiger partial charge in [0.1, 0.15) is 10.7 Å². The quantitative estimate of drug-likeness (QED) is 0.321. The Hall–Kier alpha value is 0.836. The molecule has 0 aliphatic heterocycles. The van der Waals surface area contributed by atoms with Gasteiger partial charge in [0.25, 0.3) is 0 Å². The first-order valence-corrected chi connectivity index (χ1v) is 6.48. The van der Waals surface area contributed by atoms with Crippen molar-refractivity contribution in [1.82, 2.24) is 9.97 Å². The molecule has 0 spiro atoms. The van der Waals surface area contributed by atoms with E-state index in [9.17, 15) is 0 Å². The third-order valence-electron chi connectivity index (χ3n) is 2.62. The molecule has 0 saturated carbocycles. The van der Waals surface area contributed by atoms with E-state index in [-0.39, 0.29) is 61.6 Å². The van der Waals surface area contributed by atoms with Crippen LogP contribution in [0.4, 0.5) is 0 Å². The summed E-state index contributed by atoms with van der Waals surface area (Å²) in [5.41, 5.74) is 1.25. The molecule has 2 heterocycles. The first-order chi connectivity index (χ1) is 8.59. The summed E-state index contributed by atoms with van der Waals surface area (Å²) >= 11 is 24.3. The third-order valence-corrected chi connectivity index (χ3v) is 4.14. The van der Waals surface area contributed by atoms with E-state index in [1.54, 1.807) is 12.3 Å². The summed E-state index contributed by atoms with van der Waals surface area (Å²) in [6.45, 7) is 0. The summed E-state index contributed by atoms with van der Waals surface area (Å²) in [7, 11) is 0. The number of benzene rings is 1. The minimum absolute atomic E-state index is 0. The number of hydrogen-bond donors (Lipinski definition) is 0. The number of rotatable bonds is 0. The topological polar surface area (TPSA) is 25.8 Å². The SMILES string of the molecule is Clc1nc2c(c(Cl)cc3cccnc32)c(Cl)c1Cl.[K]. The van der Waals surface area contributed by atoms with Gasteiger partial charge in [0, 0.05) is 68.4 Å². The van der Waals surface area contributed by atoms with E-state index in [4.69, 9.17) is 46.4 Å². The zero-order valence-electron chi connectivity index (χ0n) is 9.72. The van der Waals surface area contributed by atoms with Gasteiger partial charge in [-0.25, -0.2) is 4.98 Å². The smallest absolute Gasteiger partial charge is 0.149 e. The molecule has 3 rings (SSSR count). The van der Waals surface area contributed by atoms with Crippen LogP contribution in [0.25, 0.3) is 21.8 Å². The van der Waals surface area contributed by atoms with Crippen LogP contribution in [0, 0.1) is 0 Å². The monoisotopic (exact) mass is 355 g/mol. The van der Waals surface area contributed by atoms with Crippen LogP contribution in [0.3, 0.4) is 0 Å². The molecule has 91 valence electrons. The number of hydrogen-bond acceptors (Lipinski definition) is 2. The summed E-state index contributed by atoms with van der Waals surface area (Å²) in [5.74, 6) is 0. The maximum atomic E-state index is 6.21. The fourth-order valence-corrected chi connectivity index (χ4v) is 2.83. The van der Waals surface area contributed by atoms with Gasteiger partial charge >= 0.3 is 0 Å². The van der Waals surface area contributed by atoms with Gasteiger partial charge in [-0.2, -0.15) is 0 Å². The molecular weight excluding hydrogens is 353 g/mol. The molecule has 7 heteroatoms. The standard InChI is InChI=1S/C12H4Cl4N2.K/c13-6-4-5-2-1-3-17-10(5)11-7(6)8(14)9(15)12(16)18-11;/h1-4H;. The largest absolute Gasteiger partial charge is 0.254 e. The number of pyridine rings is 2. The molecule has 0 saturated heterocycles. The van der Waals surface area contributed by atoms with Gasteiger partial charge in [-0.1, -0.05) is 52.5 Å². The summed E-state index contributed by atoms with van der Waals surface area (Å²) < 4.78 is 0. The zero-order valence-corrected chi connectivity index (χ0v) is 15.9. The van der Waals surface area contributed by atoms with Crippen molar-refractivity contribution in [2.45, 2.75) is 0 Å². The molecule has 0 aliphatic carbocycles. The Labute approximate surface area is 171 Å². The van der Waals surface area contributed by atoms with Crippen LogP contribution >= 0.6 is 46.4 Å². The van der Waals surface area contributed by atoms with Gasteiger partial charge in [-0.3, -0.25) is 4.98 Å². The van der Waals surface area contributed by atoms with Crippen molar-refractivity contribution in [3.63, 3.8) is 0 Å². The maximum Gasteiger partial charge on any atom is 0.149 e. The number of fused-ring (bicyclic) bond motifs is 3. The Balaban J connectivity index is 0.00000133. The van der Waals surface area contributed by atoms with Crippen LogP contribution in [0.5, 0.6) is 0 Å². The molecule has 0 aliphatic rings. The van der Waals surface area contributed by atoms with E-state index in [0.29, 0.717) is 26.5 Å². The molecule has 0 unspecified atom stereocenters. The van der Waals surface area contributed by atoms with E-state index < -0.39 is 0 Å². The number of aromatic nitrogens is 2. The molecule has 3 aromatic rings. The molecule has 0 fully saturated rings. The van der Waals surface area contributed by atoms with Gasteiger partial charge in [-0.15, -0.1) is 0 Å². The molecule has 1 aromatic carbocycles. The van der Waals surface area contributed by atoms with Crippen LogP contribution in [0.1, 0.15) is 0 Å². The summed E-state index contributed by atoms with van der Waals surface area (Å²) in [4.78, 5) is 8.51. The third kappa shape index (κ3) is 2.78. The molecule has 2 aromatic heterocycles. The Morgan fingerprint density at radius 2 is 1.68 bits per heavy atom. The van der Waals surface area contributed by atoms with Crippen molar-refractivity contribution in [3.8, 4) is 0 Å². The van der Waals surface area contributed by atoms with E-state index >= 15 is 0 Å². The molecule has 19 heavy (non-hydrogen) atoms. The Morgan fingerprint density at radius 1 is 0.947 bits per heavy atom. The average molecular weight is 357 g/mol. The van der Waals surface area contributed by atoms with E-state index in [2.05, 4.69) is 9.97 Å². The van der Waals surface area contributed by atoms with Gasteiger partial charge in [0.2, 0.25) is 0 Å². The predicted octanol–water partition coefficient (Wildman–Crippen LogP) is 5.02. The molecule has 0 N–H and O–H groups in total. The van der Waals surface area contributed by atoms with E-state index in [1.807, 2.05) is 12.1 Å². The second kappa shape index (κ2) is 6.30. The minimum Gasteiger partial charge on any atom is -0.254 e. The Bertz CT molecular complexity index is 792. The maximum absolute atomic E-state index is 6.21. The minimum atomic E-state index is 0. The van der Waals surface area contributed by atoms with Crippen molar-refractivity contribution in [1.29, 1.82) is 0 Å². The van der Waals surface area contributed by atoms with Crippen molar-refractivity contribution >= 4 is 120 Å². The summed E-state index contributed by atoms with van der Waals surface area (Å²) in [6, 6.07) is 5.50. The van der Waals surface area contributed by atoms with Crippen LogP contribution in [0.15, 0.2) is 24.4 Å². The molecule has 1 radical (unpaired) electrons. The van der Waals surface area contributed by atoms with Gasteiger partial charge in [0.15, 0.2) is 0 Å². The first kappa shape index (κ1) is 16.2. The van der Waals surface area contributed by atoms with Gasteiger partial charge in [0.05, 0.1) is 20.6 Å². The zero-order chi connectivity index (χ0) is 12.9. The second-order valence-electron chi connectivity index (χ2n) is 3.69. The van der Waals surface area contributed by atoms with Crippen molar-refractivity contribution < 1.29 is 0 Å².